The molecule has 0 spiro atoms. The fourth-order valence-corrected chi connectivity index (χ4v) is 2.12. The summed E-state index contributed by atoms with van der Waals surface area (Å²) >= 11 is 0. The minimum Gasteiger partial charge on any atom is -0.494 e. The summed E-state index contributed by atoms with van der Waals surface area (Å²) in [7, 11) is 0. The van der Waals surface area contributed by atoms with Crippen molar-refractivity contribution in [2.24, 2.45) is 0 Å². The molecule has 2 aromatic rings. The third kappa shape index (κ3) is 4.19. The van der Waals surface area contributed by atoms with Gasteiger partial charge >= 0.3 is 0 Å². The van der Waals surface area contributed by atoms with Gasteiger partial charge in [-0.1, -0.05) is 18.2 Å². The average molecular weight is 270 g/mol. The van der Waals surface area contributed by atoms with Crippen LogP contribution in [0.3, 0.4) is 0 Å². The molecule has 2 aromatic carbocycles. The quantitative estimate of drug-likeness (QED) is 0.617. The molecule has 0 aliphatic rings. The zero-order chi connectivity index (χ0) is 14.2. The lowest BCUT2D eigenvalue weighted by molar-refractivity contribution is 0.312. The minimum atomic E-state index is 0.716. The number of benzene rings is 2. The molecule has 20 heavy (non-hydrogen) atoms. The molecule has 3 nitrogen and oxygen atoms in total. The second kappa shape index (κ2) is 7.43. The standard InChI is InChI=1S/C17H22N2O/c1-2-19(16-7-4-3-5-8-16)13-6-14-20-17-11-9-15(18)10-12-17/h3-5,7-12H,2,6,13-14,18H2,1H3. The minimum absolute atomic E-state index is 0.716. The molecule has 3 heteroatoms. The van der Waals surface area contributed by atoms with Crippen LogP contribution in [0.5, 0.6) is 5.75 Å². The van der Waals surface area contributed by atoms with E-state index < -0.39 is 0 Å². The molecule has 0 aliphatic heterocycles. The van der Waals surface area contributed by atoms with Crippen LogP contribution >= 0.6 is 0 Å². The summed E-state index contributed by atoms with van der Waals surface area (Å²) < 4.78 is 5.71. The Labute approximate surface area is 121 Å². The van der Waals surface area contributed by atoms with E-state index in [1.807, 2.05) is 30.3 Å². The molecule has 0 bridgehead atoms. The first-order valence-corrected chi connectivity index (χ1v) is 7.08. The van der Waals surface area contributed by atoms with Crippen molar-refractivity contribution >= 4 is 11.4 Å². The van der Waals surface area contributed by atoms with E-state index in [4.69, 9.17) is 10.5 Å². The van der Waals surface area contributed by atoms with Gasteiger partial charge in [0.05, 0.1) is 6.61 Å². The van der Waals surface area contributed by atoms with Crippen molar-refractivity contribution in [3.63, 3.8) is 0 Å². The summed E-state index contributed by atoms with van der Waals surface area (Å²) in [6, 6.07) is 18.0. The number of anilines is 2. The van der Waals surface area contributed by atoms with Crippen LogP contribution in [0.4, 0.5) is 11.4 Å². The number of para-hydroxylation sites is 1. The molecule has 2 N–H and O–H groups in total. The predicted molar refractivity (Wildman–Crippen MR) is 85.3 cm³/mol. The van der Waals surface area contributed by atoms with Crippen LogP contribution in [0.1, 0.15) is 13.3 Å². The lowest BCUT2D eigenvalue weighted by atomic mass is 10.2. The molecule has 0 amide bonds. The number of ether oxygens (including phenoxy) is 1. The van der Waals surface area contributed by atoms with Crippen LogP contribution in [-0.4, -0.2) is 19.7 Å². The third-order valence-corrected chi connectivity index (χ3v) is 3.22. The van der Waals surface area contributed by atoms with Gasteiger partial charge in [-0.15, -0.1) is 0 Å². The van der Waals surface area contributed by atoms with E-state index in [1.54, 1.807) is 0 Å². The topological polar surface area (TPSA) is 38.5 Å². The number of nitrogen functional groups attached to an aromatic ring is 1. The highest BCUT2D eigenvalue weighted by Crippen LogP contribution is 2.15. The van der Waals surface area contributed by atoms with Gasteiger partial charge in [-0.05, 0) is 49.7 Å². The van der Waals surface area contributed by atoms with Gasteiger partial charge in [-0.2, -0.15) is 0 Å². The maximum Gasteiger partial charge on any atom is 0.119 e. The van der Waals surface area contributed by atoms with Crippen LogP contribution in [0.15, 0.2) is 54.6 Å². The first-order chi connectivity index (χ1) is 9.79. The highest BCUT2D eigenvalue weighted by atomic mass is 16.5. The molecule has 0 saturated carbocycles. The maximum atomic E-state index is 5.71. The largest absolute Gasteiger partial charge is 0.494 e. The van der Waals surface area contributed by atoms with E-state index in [0.717, 1.165) is 30.9 Å². The van der Waals surface area contributed by atoms with Gasteiger partial charge in [0.2, 0.25) is 0 Å². The Bertz CT molecular complexity index is 496. The average Bonchev–Trinajstić information content (AvgIpc) is 2.50. The Morgan fingerprint density at radius 2 is 1.70 bits per heavy atom. The Morgan fingerprint density at radius 3 is 2.35 bits per heavy atom. The first-order valence-electron chi connectivity index (χ1n) is 7.08. The summed E-state index contributed by atoms with van der Waals surface area (Å²) in [4.78, 5) is 2.35. The molecule has 0 radical (unpaired) electrons. The Kier molecular flexibility index (Phi) is 5.30. The summed E-state index contributed by atoms with van der Waals surface area (Å²) in [5.74, 6) is 0.877. The van der Waals surface area contributed by atoms with Gasteiger partial charge in [0, 0.05) is 24.5 Å². The Hall–Kier alpha value is -2.16. The smallest absolute Gasteiger partial charge is 0.119 e. The number of hydrogen-bond donors (Lipinski definition) is 1. The highest BCUT2D eigenvalue weighted by molar-refractivity contribution is 5.45. The monoisotopic (exact) mass is 270 g/mol. The summed E-state index contributed by atoms with van der Waals surface area (Å²) in [5, 5.41) is 0. The Morgan fingerprint density at radius 1 is 1.00 bits per heavy atom. The van der Waals surface area contributed by atoms with Gasteiger partial charge in [-0.25, -0.2) is 0 Å². The van der Waals surface area contributed by atoms with Crippen molar-refractivity contribution in [1.82, 2.24) is 0 Å². The summed E-state index contributed by atoms with van der Waals surface area (Å²) in [5.41, 5.74) is 7.67. The van der Waals surface area contributed by atoms with Crippen molar-refractivity contribution in [3.05, 3.63) is 54.6 Å². The van der Waals surface area contributed by atoms with E-state index in [9.17, 15) is 0 Å². The van der Waals surface area contributed by atoms with Gasteiger partial charge in [0.1, 0.15) is 5.75 Å². The van der Waals surface area contributed by atoms with Gasteiger partial charge in [0.15, 0.2) is 0 Å². The highest BCUT2D eigenvalue weighted by Gasteiger charge is 2.03. The number of nitrogens with two attached hydrogens (primary N) is 1. The molecule has 0 heterocycles. The third-order valence-electron chi connectivity index (χ3n) is 3.22. The zero-order valence-electron chi connectivity index (χ0n) is 12.0. The van der Waals surface area contributed by atoms with E-state index in [1.165, 1.54) is 5.69 Å². The van der Waals surface area contributed by atoms with Crippen molar-refractivity contribution in [2.45, 2.75) is 13.3 Å². The van der Waals surface area contributed by atoms with Gasteiger partial charge in [-0.3, -0.25) is 0 Å². The second-order valence-electron chi connectivity index (χ2n) is 4.69. The number of rotatable bonds is 7. The molecule has 0 saturated heterocycles. The van der Waals surface area contributed by atoms with Crippen LogP contribution in [-0.2, 0) is 0 Å². The van der Waals surface area contributed by atoms with Gasteiger partial charge in [0.25, 0.3) is 0 Å². The molecule has 0 fully saturated rings. The van der Waals surface area contributed by atoms with Crippen molar-refractivity contribution in [3.8, 4) is 5.75 Å². The lowest BCUT2D eigenvalue weighted by Crippen LogP contribution is -2.25. The normalized spacial score (nSPS) is 10.2. The summed E-state index contributed by atoms with van der Waals surface area (Å²) in [6.07, 6.45) is 0.993. The maximum absolute atomic E-state index is 5.71. The van der Waals surface area contributed by atoms with Gasteiger partial charge < -0.3 is 15.4 Å². The number of hydrogen-bond acceptors (Lipinski definition) is 3. The molecule has 0 unspecified atom stereocenters. The molecule has 0 atom stereocenters. The van der Waals surface area contributed by atoms with E-state index in [-0.39, 0.29) is 0 Å². The van der Waals surface area contributed by atoms with Crippen LogP contribution < -0.4 is 15.4 Å². The molecule has 0 aromatic heterocycles. The number of nitrogens with zero attached hydrogens (tertiary/aromatic N) is 1. The molecular formula is C17H22N2O. The SMILES string of the molecule is CCN(CCCOc1ccc(N)cc1)c1ccccc1. The molecule has 0 aliphatic carbocycles. The van der Waals surface area contributed by atoms with Crippen molar-refractivity contribution < 1.29 is 4.74 Å². The van der Waals surface area contributed by atoms with Crippen molar-refractivity contribution in [1.29, 1.82) is 0 Å². The van der Waals surface area contributed by atoms with E-state index >= 15 is 0 Å². The predicted octanol–water partition coefficient (Wildman–Crippen LogP) is 3.56. The fourth-order valence-electron chi connectivity index (χ4n) is 2.12. The summed E-state index contributed by atoms with van der Waals surface area (Å²) in [6.45, 7) is 4.89. The van der Waals surface area contributed by atoms with Crippen LogP contribution in [0.25, 0.3) is 0 Å². The van der Waals surface area contributed by atoms with E-state index in [0.29, 0.717) is 6.61 Å². The van der Waals surface area contributed by atoms with E-state index in [2.05, 4.69) is 36.1 Å². The molecular weight excluding hydrogens is 248 g/mol. The Balaban J connectivity index is 1.76. The van der Waals surface area contributed by atoms with Crippen LogP contribution in [0, 0.1) is 0 Å². The molecule has 2 rings (SSSR count). The zero-order valence-corrected chi connectivity index (χ0v) is 12.0. The van der Waals surface area contributed by atoms with Crippen molar-refractivity contribution in [2.75, 3.05) is 30.3 Å². The van der Waals surface area contributed by atoms with Crippen LogP contribution in [0.2, 0.25) is 0 Å². The first kappa shape index (κ1) is 14.3. The lowest BCUT2D eigenvalue weighted by Gasteiger charge is -2.23. The fraction of sp³-hybridized carbons (Fsp3) is 0.294. The molecule has 106 valence electrons. The second-order valence-corrected chi connectivity index (χ2v) is 4.69.